The first-order valence-corrected chi connectivity index (χ1v) is 6.01. The molecule has 1 unspecified atom stereocenters. The van der Waals surface area contributed by atoms with Crippen LogP contribution in [0.3, 0.4) is 0 Å². The molecule has 2 aliphatic heterocycles. The highest BCUT2D eigenvalue weighted by Crippen LogP contribution is 2.34. The lowest BCUT2D eigenvalue weighted by Gasteiger charge is -2.23. The molecule has 0 spiro atoms. The minimum absolute atomic E-state index is 0.00972. The van der Waals surface area contributed by atoms with Crippen LogP contribution in [0.4, 0.5) is 5.69 Å². The Labute approximate surface area is 113 Å². The van der Waals surface area contributed by atoms with Crippen LogP contribution in [0.2, 0.25) is 0 Å². The van der Waals surface area contributed by atoms with Gasteiger partial charge in [0, 0.05) is 24.3 Å². The van der Waals surface area contributed by atoms with E-state index in [9.17, 15) is 14.9 Å². The van der Waals surface area contributed by atoms with Gasteiger partial charge >= 0.3 is 5.91 Å². The number of carbonyl (C=O) groups excluding carboxylic acids is 1. The number of nitrogens with one attached hydrogen (secondary N) is 1. The molecule has 0 aromatic heterocycles. The molecule has 1 aromatic rings. The van der Waals surface area contributed by atoms with Crippen LogP contribution < -0.4 is 5.32 Å². The van der Waals surface area contributed by atoms with Crippen molar-refractivity contribution in [2.75, 3.05) is 6.54 Å². The lowest BCUT2D eigenvalue weighted by Crippen LogP contribution is -2.27. The average molecular weight is 270 g/mol. The fourth-order valence-electron chi connectivity index (χ4n) is 2.24. The first-order valence-electron chi connectivity index (χ1n) is 6.01. The molecular formula is C13H10N4O3. The van der Waals surface area contributed by atoms with E-state index in [2.05, 4.69) is 15.5 Å². The number of dihydropyridines is 1. The molecule has 7 heteroatoms. The van der Waals surface area contributed by atoms with Gasteiger partial charge in [-0.15, -0.1) is 5.11 Å². The predicted octanol–water partition coefficient (Wildman–Crippen LogP) is 2.04. The van der Waals surface area contributed by atoms with Gasteiger partial charge in [0.05, 0.1) is 4.92 Å². The highest BCUT2D eigenvalue weighted by Gasteiger charge is 2.28. The molecule has 7 nitrogen and oxygen atoms in total. The number of hydrogen-bond acceptors (Lipinski definition) is 5. The molecule has 0 saturated heterocycles. The van der Waals surface area contributed by atoms with Gasteiger partial charge in [-0.2, -0.15) is 5.11 Å². The van der Waals surface area contributed by atoms with Gasteiger partial charge in [-0.3, -0.25) is 14.9 Å². The van der Waals surface area contributed by atoms with Gasteiger partial charge in [0.15, 0.2) is 0 Å². The first-order chi connectivity index (χ1) is 9.66. The number of nitro benzene ring substituents is 1. The molecule has 0 saturated carbocycles. The molecule has 20 heavy (non-hydrogen) atoms. The van der Waals surface area contributed by atoms with Crippen LogP contribution in [-0.2, 0) is 4.79 Å². The Kier molecular flexibility index (Phi) is 2.86. The zero-order chi connectivity index (χ0) is 14.1. The zero-order valence-electron chi connectivity index (χ0n) is 10.3. The van der Waals surface area contributed by atoms with Crippen molar-refractivity contribution in [3.8, 4) is 0 Å². The second-order valence-electron chi connectivity index (χ2n) is 4.39. The average Bonchev–Trinajstić information content (AvgIpc) is 2.48. The summed E-state index contributed by atoms with van der Waals surface area (Å²) in [7, 11) is 0. The molecule has 1 amide bonds. The van der Waals surface area contributed by atoms with E-state index in [1.54, 1.807) is 12.1 Å². The van der Waals surface area contributed by atoms with Gasteiger partial charge in [0.2, 0.25) is 0 Å². The van der Waals surface area contributed by atoms with Crippen molar-refractivity contribution in [2.24, 2.45) is 10.2 Å². The molecule has 3 rings (SSSR count). The lowest BCUT2D eigenvalue weighted by molar-refractivity contribution is -0.384. The van der Waals surface area contributed by atoms with E-state index in [0.29, 0.717) is 23.4 Å². The molecule has 100 valence electrons. The molecule has 0 aliphatic carbocycles. The Bertz CT molecular complexity index is 691. The topological polar surface area (TPSA) is 97.0 Å². The van der Waals surface area contributed by atoms with Crippen molar-refractivity contribution >= 4 is 11.6 Å². The van der Waals surface area contributed by atoms with Gasteiger partial charge in [-0.05, 0) is 5.56 Å². The Hall–Kier alpha value is -2.83. The van der Waals surface area contributed by atoms with E-state index in [4.69, 9.17) is 0 Å². The maximum Gasteiger partial charge on any atom is 0.311 e. The number of non-ortho nitro benzene ring substituents is 1. The van der Waals surface area contributed by atoms with E-state index in [0.717, 1.165) is 0 Å². The van der Waals surface area contributed by atoms with Crippen LogP contribution in [0.1, 0.15) is 11.6 Å². The molecule has 0 bridgehead atoms. The minimum Gasteiger partial charge on any atom is -0.377 e. The molecule has 2 heterocycles. The van der Waals surface area contributed by atoms with Crippen molar-refractivity contribution in [1.29, 1.82) is 0 Å². The first kappa shape index (κ1) is 12.2. The monoisotopic (exact) mass is 270 g/mol. The minimum atomic E-state index is -0.494. The van der Waals surface area contributed by atoms with Gasteiger partial charge in [-0.1, -0.05) is 24.3 Å². The third-order valence-electron chi connectivity index (χ3n) is 3.15. The summed E-state index contributed by atoms with van der Waals surface area (Å²) < 4.78 is 0. The highest BCUT2D eigenvalue weighted by molar-refractivity contribution is 5.95. The summed E-state index contributed by atoms with van der Waals surface area (Å²) in [4.78, 5) is 22.0. The maximum absolute atomic E-state index is 11.7. The normalized spacial score (nSPS) is 20.6. The molecule has 0 fully saturated rings. The molecule has 0 radical (unpaired) electrons. The fourth-order valence-corrected chi connectivity index (χ4v) is 2.24. The van der Waals surface area contributed by atoms with E-state index >= 15 is 0 Å². The summed E-state index contributed by atoms with van der Waals surface area (Å²) in [6, 6.07) is 5.71. The highest BCUT2D eigenvalue weighted by atomic mass is 16.6. The quantitative estimate of drug-likeness (QED) is 0.656. The largest absolute Gasteiger partial charge is 0.377 e. The number of azo groups is 1. The van der Waals surface area contributed by atoms with Gasteiger partial charge in [-0.25, -0.2) is 0 Å². The standard InChI is InChI=1S/C13H10N4O3/c18-13-12-10(5-2-6-14-12)11(15-16-13)8-3-1-4-9(7-8)17(19)20/h1-5,7,11,14H,6H2. The van der Waals surface area contributed by atoms with Crippen molar-refractivity contribution in [3.05, 3.63) is 63.4 Å². The van der Waals surface area contributed by atoms with Crippen LogP contribution in [0.25, 0.3) is 0 Å². The van der Waals surface area contributed by atoms with E-state index in [1.165, 1.54) is 12.1 Å². The third-order valence-corrected chi connectivity index (χ3v) is 3.15. The third kappa shape index (κ3) is 1.99. The van der Waals surface area contributed by atoms with Crippen LogP contribution in [0, 0.1) is 10.1 Å². The maximum atomic E-state index is 11.7. The van der Waals surface area contributed by atoms with Crippen LogP contribution >= 0.6 is 0 Å². The summed E-state index contributed by atoms with van der Waals surface area (Å²) in [6.07, 6.45) is 3.68. The number of hydrogen-bond donors (Lipinski definition) is 1. The Balaban J connectivity index is 2.06. The molecule has 2 aliphatic rings. The van der Waals surface area contributed by atoms with Gasteiger partial charge in [0.1, 0.15) is 11.7 Å². The summed E-state index contributed by atoms with van der Waals surface area (Å²) in [5, 5.41) is 21.4. The van der Waals surface area contributed by atoms with Crippen molar-refractivity contribution < 1.29 is 9.72 Å². The number of nitro groups is 1. The molecular weight excluding hydrogens is 260 g/mol. The van der Waals surface area contributed by atoms with E-state index < -0.39 is 16.9 Å². The van der Waals surface area contributed by atoms with E-state index in [1.807, 2.05) is 12.2 Å². The Morgan fingerprint density at radius 2 is 2.25 bits per heavy atom. The second-order valence-corrected chi connectivity index (χ2v) is 4.39. The molecule has 1 N–H and O–H groups in total. The van der Waals surface area contributed by atoms with Crippen molar-refractivity contribution in [2.45, 2.75) is 6.04 Å². The number of nitrogens with zero attached hydrogens (tertiary/aromatic N) is 3. The van der Waals surface area contributed by atoms with Crippen LogP contribution in [0.5, 0.6) is 0 Å². The Morgan fingerprint density at radius 1 is 1.40 bits per heavy atom. The number of benzene rings is 1. The summed E-state index contributed by atoms with van der Waals surface area (Å²) >= 11 is 0. The van der Waals surface area contributed by atoms with Crippen molar-refractivity contribution in [1.82, 2.24) is 5.32 Å². The predicted molar refractivity (Wildman–Crippen MR) is 69.9 cm³/mol. The smallest absolute Gasteiger partial charge is 0.311 e. The zero-order valence-corrected chi connectivity index (χ0v) is 10.3. The fraction of sp³-hybridized carbons (Fsp3) is 0.154. The molecule has 1 atom stereocenters. The van der Waals surface area contributed by atoms with E-state index in [-0.39, 0.29) is 5.69 Å². The number of carbonyl (C=O) groups is 1. The number of amides is 1. The van der Waals surface area contributed by atoms with Gasteiger partial charge < -0.3 is 5.32 Å². The summed E-state index contributed by atoms with van der Waals surface area (Å²) in [5.74, 6) is -0.411. The lowest BCUT2D eigenvalue weighted by atomic mass is 9.94. The second kappa shape index (κ2) is 4.69. The molecule has 1 aromatic carbocycles. The SMILES string of the molecule is O=C1N=NC(c2cccc([N+](=O)[O-])c2)C2=C1NCC=C2. The summed E-state index contributed by atoms with van der Waals surface area (Å²) in [6.45, 7) is 0.557. The summed E-state index contributed by atoms with van der Waals surface area (Å²) in [5.41, 5.74) is 1.73. The van der Waals surface area contributed by atoms with Gasteiger partial charge in [0.25, 0.3) is 5.69 Å². The van der Waals surface area contributed by atoms with Crippen LogP contribution in [-0.4, -0.2) is 17.4 Å². The van der Waals surface area contributed by atoms with Crippen molar-refractivity contribution in [3.63, 3.8) is 0 Å². The number of rotatable bonds is 2. The van der Waals surface area contributed by atoms with Crippen LogP contribution in [0.15, 0.2) is 57.9 Å². The Morgan fingerprint density at radius 3 is 3.05 bits per heavy atom.